The predicted octanol–water partition coefficient (Wildman–Crippen LogP) is 5.19. The average Bonchev–Trinajstić information content (AvgIpc) is 2.94. The van der Waals surface area contributed by atoms with Crippen LogP contribution in [0.5, 0.6) is 11.5 Å². The Morgan fingerprint density at radius 3 is 2.22 bits per heavy atom. The Morgan fingerprint density at radius 1 is 0.865 bits per heavy atom. The molecule has 6 heteroatoms. The monoisotopic (exact) mass is 502 g/mol. The molecule has 0 saturated heterocycles. The number of ether oxygens (including phenoxy) is 2. The van der Waals surface area contributed by atoms with Crippen molar-refractivity contribution in [2.45, 2.75) is 58.7 Å². The maximum Gasteiger partial charge on any atom is 0.261 e. The third kappa shape index (κ3) is 8.38. The van der Waals surface area contributed by atoms with Crippen molar-refractivity contribution in [2.75, 3.05) is 13.7 Å². The highest BCUT2D eigenvalue weighted by molar-refractivity contribution is 5.88. The number of amides is 2. The third-order valence-electron chi connectivity index (χ3n) is 6.45. The molecular weight excluding hydrogens is 464 g/mol. The molecule has 0 aromatic heterocycles. The number of hydrogen-bond donors (Lipinski definition) is 1. The molecule has 0 aliphatic carbocycles. The molecule has 0 aliphatic rings. The molecule has 0 aliphatic heterocycles. The predicted molar refractivity (Wildman–Crippen MR) is 147 cm³/mol. The molecule has 0 unspecified atom stereocenters. The van der Waals surface area contributed by atoms with E-state index in [0.717, 1.165) is 24.0 Å². The summed E-state index contributed by atoms with van der Waals surface area (Å²) in [4.78, 5) is 28.9. The zero-order valence-electron chi connectivity index (χ0n) is 22.3. The number of rotatable bonds is 13. The van der Waals surface area contributed by atoms with Crippen molar-refractivity contribution in [1.82, 2.24) is 10.2 Å². The molecule has 6 nitrogen and oxygen atoms in total. The van der Waals surface area contributed by atoms with Crippen LogP contribution in [0.25, 0.3) is 0 Å². The fraction of sp³-hybridized carbons (Fsp3) is 0.355. The Hall–Kier alpha value is -3.80. The fourth-order valence-electron chi connectivity index (χ4n) is 4.01. The van der Waals surface area contributed by atoms with Crippen LogP contribution in [0.4, 0.5) is 0 Å². The van der Waals surface area contributed by atoms with Gasteiger partial charge in [0.05, 0.1) is 7.11 Å². The largest absolute Gasteiger partial charge is 0.497 e. The van der Waals surface area contributed by atoms with Gasteiger partial charge in [-0.1, -0.05) is 68.4 Å². The Labute approximate surface area is 220 Å². The van der Waals surface area contributed by atoms with E-state index in [-0.39, 0.29) is 31.0 Å². The summed E-state index contributed by atoms with van der Waals surface area (Å²) in [6, 6.07) is 24.3. The van der Waals surface area contributed by atoms with Crippen molar-refractivity contribution in [2.24, 2.45) is 0 Å². The molecule has 0 fully saturated rings. The number of nitrogens with one attached hydrogen (secondary N) is 1. The molecular formula is C31H38N2O4. The molecule has 2 atom stereocenters. The minimum Gasteiger partial charge on any atom is -0.497 e. The summed E-state index contributed by atoms with van der Waals surface area (Å²) in [7, 11) is 1.61. The van der Waals surface area contributed by atoms with E-state index in [2.05, 4.69) is 12.2 Å². The van der Waals surface area contributed by atoms with Gasteiger partial charge in [-0.15, -0.1) is 0 Å². The smallest absolute Gasteiger partial charge is 0.261 e. The lowest BCUT2D eigenvalue weighted by atomic mass is 10.0. The molecule has 1 N–H and O–H groups in total. The van der Waals surface area contributed by atoms with E-state index < -0.39 is 6.04 Å². The number of carbonyl (C=O) groups is 2. The maximum atomic E-state index is 13.7. The second-order valence-electron chi connectivity index (χ2n) is 9.18. The molecule has 0 spiro atoms. The van der Waals surface area contributed by atoms with Gasteiger partial charge in [-0.3, -0.25) is 9.59 Å². The summed E-state index contributed by atoms with van der Waals surface area (Å²) in [6.07, 6.45) is 2.12. The van der Waals surface area contributed by atoms with Gasteiger partial charge in [0, 0.05) is 19.0 Å². The van der Waals surface area contributed by atoms with Crippen molar-refractivity contribution < 1.29 is 19.1 Å². The van der Waals surface area contributed by atoms with Gasteiger partial charge in [0.1, 0.15) is 17.5 Å². The summed E-state index contributed by atoms with van der Waals surface area (Å²) in [6.45, 7) is 6.16. The summed E-state index contributed by atoms with van der Waals surface area (Å²) < 4.78 is 11.3. The van der Waals surface area contributed by atoms with Crippen LogP contribution in [0, 0.1) is 0 Å². The zero-order valence-corrected chi connectivity index (χ0v) is 22.3. The van der Waals surface area contributed by atoms with E-state index in [1.165, 1.54) is 5.56 Å². The van der Waals surface area contributed by atoms with Crippen molar-refractivity contribution in [3.8, 4) is 11.5 Å². The molecule has 0 radical (unpaired) electrons. The molecule has 3 aromatic rings. The first-order chi connectivity index (χ1) is 17.9. The number of methoxy groups -OCH3 is 1. The molecule has 3 aromatic carbocycles. The number of benzene rings is 3. The maximum absolute atomic E-state index is 13.7. The van der Waals surface area contributed by atoms with Gasteiger partial charge in [-0.25, -0.2) is 0 Å². The second-order valence-corrected chi connectivity index (χ2v) is 9.18. The van der Waals surface area contributed by atoms with Crippen molar-refractivity contribution >= 4 is 11.8 Å². The van der Waals surface area contributed by atoms with Crippen LogP contribution in [-0.2, 0) is 29.0 Å². The summed E-state index contributed by atoms with van der Waals surface area (Å²) in [5.41, 5.74) is 3.05. The van der Waals surface area contributed by atoms with Crippen LogP contribution < -0.4 is 14.8 Å². The zero-order chi connectivity index (χ0) is 26.6. The minimum absolute atomic E-state index is 0.00660. The van der Waals surface area contributed by atoms with Crippen LogP contribution in [-0.4, -0.2) is 42.5 Å². The van der Waals surface area contributed by atoms with Gasteiger partial charge >= 0.3 is 0 Å². The lowest BCUT2D eigenvalue weighted by Crippen LogP contribution is -2.53. The van der Waals surface area contributed by atoms with E-state index in [0.29, 0.717) is 17.9 Å². The van der Waals surface area contributed by atoms with Crippen LogP contribution >= 0.6 is 0 Å². The van der Waals surface area contributed by atoms with E-state index in [1.807, 2.05) is 92.7 Å². The lowest BCUT2D eigenvalue weighted by molar-refractivity contribution is -0.143. The molecule has 3 rings (SSSR count). The standard InChI is InChI=1S/C31H38N2O4/c1-5-23(3)32-31(35)29(20-25-11-8-7-9-12-25)33(21-26-13-10-14-28(19-26)36-4)30(34)22-37-27-17-15-24(6-2)16-18-27/h7-19,23,29H,5-6,20-22H2,1-4H3,(H,32,35)/t23-,29-/m0/s1. The summed E-state index contributed by atoms with van der Waals surface area (Å²) in [5, 5.41) is 3.08. The molecule has 196 valence electrons. The normalized spacial score (nSPS) is 12.3. The highest BCUT2D eigenvalue weighted by Gasteiger charge is 2.31. The molecule has 37 heavy (non-hydrogen) atoms. The number of aryl methyl sites for hydroxylation is 1. The Balaban J connectivity index is 1.91. The van der Waals surface area contributed by atoms with Gasteiger partial charge in [-0.2, -0.15) is 0 Å². The molecule has 0 bridgehead atoms. The van der Waals surface area contributed by atoms with Crippen molar-refractivity contribution in [3.05, 3.63) is 95.6 Å². The lowest BCUT2D eigenvalue weighted by Gasteiger charge is -2.32. The Kier molecular flexibility index (Phi) is 10.6. The van der Waals surface area contributed by atoms with E-state index >= 15 is 0 Å². The fourth-order valence-corrected chi connectivity index (χ4v) is 4.01. The Bertz CT molecular complexity index is 1130. The molecule has 0 heterocycles. The highest BCUT2D eigenvalue weighted by atomic mass is 16.5. The van der Waals surface area contributed by atoms with E-state index in [1.54, 1.807) is 12.0 Å². The third-order valence-corrected chi connectivity index (χ3v) is 6.45. The topological polar surface area (TPSA) is 67.9 Å². The molecule has 2 amide bonds. The summed E-state index contributed by atoms with van der Waals surface area (Å²) >= 11 is 0. The van der Waals surface area contributed by atoms with E-state index in [9.17, 15) is 9.59 Å². The van der Waals surface area contributed by atoms with Crippen molar-refractivity contribution in [3.63, 3.8) is 0 Å². The van der Waals surface area contributed by atoms with Crippen LogP contribution in [0.3, 0.4) is 0 Å². The summed E-state index contributed by atoms with van der Waals surface area (Å²) in [5.74, 6) is 0.876. The van der Waals surface area contributed by atoms with Crippen LogP contribution in [0.2, 0.25) is 0 Å². The van der Waals surface area contributed by atoms with Gasteiger partial charge in [0.2, 0.25) is 5.91 Å². The average molecular weight is 503 g/mol. The van der Waals surface area contributed by atoms with Gasteiger partial charge in [-0.05, 0) is 60.7 Å². The number of carbonyl (C=O) groups excluding carboxylic acids is 2. The minimum atomic E-state index is -0.707. The first-order valence-electron chi connectivity index (χ1n) is 12.9. The highest BCUT2D eigenvalue weighted by Crippen LogP contribution is 2.19. The van der Waals surface area contributed by atoms with E-state index in [4.69, 9.17) is 9.47 Å². The second kappa shape index (κ2) is 14.1. The van der Waals surface area contributed by atoms with Crippen LogP contribution in [0.15, 0.2) is 78.9 Å². The molecule has 0 saturated carbocycles. The van der Waals surface area contributed by atoms with Gasteiger partial charge in [0.15, 0.2) is 6.61 Å². The first-order valence-corrected chi connectivity index (χ1v) is 12.9. The number of hydrogen-bond acceptors (Lipinski definition) is 4. The first kappa shape index (κ1) is 27.8. The van der Waals surface area contributed by atoms with Crippen LogP contribution in [0.1, 0.15) is 43.9 Å². The SMILES string of the molecule is CCc1ccc(OCC(=O)N(Cc2cccc(OC)c2)[C@@H](Cc2ccccc2)C(=O)N[C@@H](C)CC)cc1. The van der Waals surface area contributed by atoms with Gasteiger partial charge in [0.25, 0.3) is 5.91 Å². The van der Waals surface area contributed by atoms with Crippen molar-refractivity contribution in [1.29, 1.82) is 0 Å². The van der Waals surface area contributed by atoms with Gasteiger partial charge < -0.3 is 19.7 Å². The quantitative estimate of drug-likeness (QED) is 0.349. The number of nitrogens with zero attached hydrogens (tertiary/aromatic N) is 1. The Morgan fingerprint density at radius 2 is 1.57 bits per heavy atom.